The SMILES string of the molecule is COc1ccc2[nH]cc(C3CCN(C(=O)CNC(=O)c4cccc(Cl)c4)CC3)c2c1. The van der Waals surface area contributed by atoms with Crippen molar-refractivity contribution in [2.24, 2.45) is 0 Å². The molecule has 2 heterocycles. The predicted octanol–water partition coefficient (Wildman–Crippen LogP) is 3.97. The summed E-state index contributed by atoms with van der Waals surface area (Å²) in [7, 11) is 1.67. The van der Waals surface area contributed by atoms with Crippen LogP contribution in [0.25, 0.3) is 10.9 Å². The Kier molecular flexibility index (Phi) is 5.95. The Morgan fingerprint density at radius 2 is 2.00 bits per heavy atom. The van der Waals surface area contributed by atoms with E-state index in [9.17, 15) is 9.59 Å². The highest BCUT2D eigenvalue weighted by atomic mass is 35.5. The van der Waals surface area contributed by atoms with E-state index < -0.39 is 0 Å². The fourth-order valence-electron chi connectivity index (χ4n) is 4.03. The Morgan fingerprint density at radius 3 is 2.73 bits per heavy atom. The summed E-state index contributed by atoms with van der Waals surface area (Å²) in [4.78, 5) is 29.9. The van der Waals surface area contributed by atoms with E-state index in [0.717, 1.165) is 24.1 Å². The van der Waals surface area contributed by atoms with E-state index in [1.165, 1.54) is 10.9 Å². The lowest BCUT2D eigenvalue weighted by Gasteiger charge is -2.32. The van der Waals surface area contributed by atoms with Gasteiger partial charge < -0.3 is 19.9 Å². The Bertz CT molecular complexity index is 1070. The van der Waals surface area contributed by atoms with Gasteiger partial charge in [0, 0.05) is 40.8 Å². The standard InChI is InChI=1S/C23H24ClN3O3/c1-30-18-5-6-21-19(12-18)20(13-25-21)15-7-9-27(10-8-15)22(28)14-26-23(29)16-3-2-4-17(24)11-16/h2-6,11-13,15,25H,7-10,14H2,1H3,(H,26,29). The van der Waals surface area contributed by atoms with Gasteiger partial charge in [-0.3, -0.25) is 9.59 Å². The zero-order valence-electron chi connectivity index (χ0n) is 16.8. The van der Waals surface area contributed by atoms with E-state index in [-0.39, 0.29) is 18.4 Å². The predicted molar refractivity (Wildman–Crippen MR) is 117 cm³/mol. The van der Waals surface area contributed by atoms with Gasteiger partial charge in [-0.15, -0.1) is 0 Å². The number of carbonyl (C=O) groups excluding carboxylic acids is 2. The molecule has 1 fully saturated rings. The zero-order valence-corrected chi connectivity index (χ0v) is 17.5. The third-order valence-corrected chi connectivity index (χ3v) is 5.93. The first-order valence-corrected chi connectivity index (χ1v) is 10.4. The highest BCUT2D eigenvalue weighted by Crippen LogP contribution is 2.34. The van der Waals surface area contributed by atoms with Gasteiger partial charge in [0.25, 0.3) is 5.91 Å². The highest BCUT2D eigenvalue weighted by molar-refractivity contribution is 6.31. The molecule has 156 valence electrons. The molecule has 0 unspecified atom stereocenters. The number of nitrogens with zero attached hydrogens (tertiary/aromatic N) is 1. The smallest absolute Gasteiger partial charge is 0.251 e. The summed E-state index contributed by atoms with van der Waals surface area (Å²) in [6.07, 6.45) is 3.84. The number of aromatic amines is 1. The number of carbonyl (C=O) groups is 2. The summed E-state index contributed by atoms with van der Waals surface area (Å²) in [5.74, 6) is 0.861. The van der Waals surface area contributed by atoms with Crippen LogP contribution in [0.5, 0.6) is 5.75 Å². The molecule has 7 heteroatoms. The molecule has 0 spiro atoms. The number of piperidine rings is 1. The monoisotopic (exact) mass is 425 g/mol. The largest absolute Gasteiger partial charge is 0.497 e. The van der Waals surface area contributed by atoms with E-state index in [1.54, 1.807) is 31.4 Å². The molecule has 2 N–H and O–H groups in total. The van der Waals surface area contributed by atoms with E-state index in [1.807, 2.05) is 17.0 Å². The summed E-state index contributed by atoms with van der Waals surface area (Å²) in [6, 6.07) is 12.7. The number of aromatic nitrogens is 1. The number of benzene rings is 2. The fourth-order valence-corrected chi connectivity index (χ4v) is 4.22. The van der Waals surface area contributed by atoms with Crippen molar-refractivity contribution >= 4 is 34.3 Å². The molecule has 0 aliphatic carbocycles. The maximum atomic E-state index is 12.6. The van der Waals surface area contributed by atoms with E-state index in [2.05, 4.69) is 22.6 Å². The minimum atomic E-state index is -0.298. The zero-order chi connectivity index (χ0) is 21.1. The maximum Gasteiger partial charge on any atom is 0.251 e. The van der Waals surface area contributed by atoms with Crippen molar-refractivity contribution in [3.05, 3.63) is 64.8 Å². The van der Waals surface area contributed by atoms with Crippen LogP contribution < -0.4 is 10.1 Å². The molecule has 2 amide bonds. The Morgan fingerprint density at radius 1 is 1.20 bits per heavy atom. The molecule has 2 aromatic carbocycles. The second-order valence-corrected chi connectivity index (χ2v) is 7.94. The number of methoxy groups -OCH3 is 1. The third-order valence-electron chi connectivity index (χ3n) is 5.70. The molecule has 6 nitrogen and oxygen atoms in total. The van der Waals surface area contributed by atoms with Crippen molar-refractivity contribution in [2.75, 3.05) is 26.7 Å². The molecule has 1 aliphatic rings. The first-order valence-electron chi connectivity index (χ1n) is 10.0. The number of hydrogen-bond donors (Lipinski definition) is 2. The van der Waals surface area contributed by atoms with Gasteiger partial charge in [-0.25, -0.2) is 0 Å². The molecule has 0 bridgehead atoms. The molecule has 0 atom stereocenters. The minimum Gasteiger partial charge on any atom is -0.497 e. The van der Waals surface area contributed by atoms with Crippen molar-refractivity contribution in [1.29, 1.82) is 0 Å². The van der Waals surface area contributed by atoms with E-state index in [4.69, 9.17) is 16.3 Å². The molecule has 1 aliphatic heterocycles. The maximum absolute atomic E-state index is 12.6. The van der Waals surface area contributed by atoms with Gasteiger partial charge in [0.15, 0.2) is 0 Å². The summed E-state index contributed by atoms with van der Waals surface area (Å²) in [5, 5.41) is 4.36. The summed E-state index contributed by atoms with van der Waals surface area (Å²) < 4.78 is 5.36. The van der Waals surface area contributed by atoms with Crippen LogP contribution in [0.3, 0.4) is 0 Å². The molecular formula is C23H24ClN3O3. The minimum absolute atomic E-state index is 0.0136. The number of ether oxygens (including phenoxy) is 1. The topological polar surface area (TPSA) is 74.4 Å². The summed E-state index contributed by atoms with van der Waals surface area (Å²) in [6.45, 7) is 1.33. The van der Waals surface area contributed by atoms with Crippen molar-refractivity contribution in [3.8, 4) is 5.75 Å². The van der Waals surface area contributed by atoms with Crippen molar-refractivity contribution < 1.29 is 14.3 Å². The number of halogens is 1. The van der Waals surface area contributed by atoms with Crippen LogP contribution >= 0.6 is 11.6 Å². The first-order chi connectivity index (χ1) is 14.5. The third kappa shape index (κ3) is 4.28. The molecule has 0 saturated carbocycles. The highest BCUT2D eigenvalue weighted by Gasteiger charge is 2.25. The van der Waals surface area contributed by atoms with E-state index in [0.29, 0.717) is 29.6 Å². The van der Waals surface area contributed by atoms with E-state index >= 15 is 0 Å². The van der Waals surface area contributed by atoms with Gasteiger partial charge >= 0.3 is 0 Å². The van der Waals surface area contributed by atoms with Gasteiger partial charge in [0.05, 0.1) is 13.7 Å². The van der Waals surface area contributed by atoms with Gasteiger partial charge in [0.1, 0.15) is 5.75 Å². The molecule has 1 saturated heterocycles. The Labute approximate surface area is 180 Å². The van der Waals surface area contributed by atoms with Gasteiger partial charge in [0.2, 0.25) is 5.91 Å². The van der Waals surface area contributed by atoms with Crippen LogP contribution in [0.15, 0.2) is 48.7 Å². The number of rotatable bonds is 5. The summed E-state index contributed by atoms with van der Waals surface area (Å²) in [5.41, 5.74) is 2.81. The number of fused-ring (bicyclic) bond motifs is 1. The molecular weight excluding hydrogens is 402 g/mol. The normalized spacial score (nSPS) is 14.7. The van der Waals surface area contributed by atoms with Crippen LogP contribution in [0.1, 0.15) is 34.7 Å². The average Bonchev–Trinajstić information content (AvgIpc) is 3.20. The lowest BCUT2D eigenvalue weighted by Crippen LogP contribution is -2.43. The number of hydrogen-bond acceptors (Lipinski definition) is 3. The first kappa shape index (κ1) is 20.3. The average molecular weight is 426 g/mol. The van der Waals surface area contributed by atoms with Crippen LogP contribution in [-0.4, -0.2) is 48.4 Å². The van der Waals surface area contributed by atoms with Crippen LogP contribution in [0, 0.1) is 0 Å². The van der Waals surface area contributed by atoms with Crippen LogP contribution in [0.4, 0.5) is 0 Å². The number of amides is 2. The number of nitrogens with one attached hydrogen (secondary N) is 2. The molecule has 1 aromatic heterocycles. The lowest BCUT2D eigenvalue weighted by molar-refractivity contribution is -0.131. The van der Waals surface area contributed by atoms with Gasteiger partial charge in [-0.05, 0) is 60.7 Å². The summed E-state index contributed by atoms with van der Waals surface area (Å²) >= 11 is 5.92. The Hall–Kier alpha value is -2.99. The van der Waals surface area contributed by atoms with Gasteiger partial charge in [-0.2, -0.15) is 0 Å². The fraction of sp³-hybridized carbons (Fsp3) is 0.304. The van der Waals surface area contributed by atoms with Crippen LogP contribution in [-0.2, 0) is 4.79 Å². The number of H-pyrrole nitrogens is 1. The second-order valence-electron chi connectivity index (χ2n) is 7.50. The molecule has 0 radical (unpaired) electrons. The molecule has 3 aromatic rings. The Balaban J connectivity index is 1.33. The number of likely N-dealkylation sites (tertiary alicyclic amines) is 1. The van der Waals surface area contributed by atoms with Crippen molar-refractivity contribution in [2.45, 2.75) is 18.8 Å². The van der Waals surface area contributed by atoms with Crippen LogP contribution in [0.2, 0.25) is 5.02 Å². The van der Waals surface area contributed by atoms with Crippen molar-refractivity contribution in [3.63, 3.8) is 0 Å². The molecule has 4 rings (SSSR count). The molecule has 30 heavy (non-hydrogen) atoms. The lowest BCUT2D eigenvalue weighted by atomic mass is 9.89. The second kappa shape index (κ2) is 8.79. The van der Waals surface area contributed by atoms with Gasteiger partial charge in [-0.1, -0.05) is 17.7 Å². The van der Waals surface area contributed by atoms with Crippen molar-refractivity contribution in [1.82, 2.24) is 15.2 Å². The quantitative estimate of drug-likeness (QED) is 0.649.